The number of rotatable bonds is 21. The number of hydrogen-bond donors (Lipinski definition) is 11. The Bertz CT molecular complexity index is 981. The van der Waals surface area contributed by atoms with Crippen LogP contribution in [0.4, 0.5) is 0 Å². The van der Waals surface area contributed by atoms with E-state index in [1.165, 1.54) is 0 Å². The van der Waals surface area contributed by atoms with Crippen LogP contribution in [0.5, 0.6) is 0 Å². The standard InChI is InChI=1S/C22H41N11O8/c23-11(3-1-9-29-21(25)26)17(37)31-13(6-8-16(35)36)18(38)32-12(5-7-15(24)34)19(39)33-14(20(40)41)4-2-10-30-22(27)28/h11-14H,1-10,23H2,(H2,24,34)(H,31,37)(H,32,38)(H,33,39)(H,35,36)(H,40,41)(H4,25,26,29)(H4,27,28,30). The number of aliphatic imine (C=N–C) groups is 2. The number of amides is 4. The van der Waals surface area contributed by atoms with Crippen molar-refractivity contribution in [2.75, 3.05) is 13.1 Å². The highest BCUT2D eigenvalue weighted by atomic mass is 16.4. The molecular formula is C22H41N11O8. The minimum absolute atomic E-state index is 0.0628. The van der Waals surface area contributed by atoms with Crippen molar-refractivity contribution < 1.29 is 39.0 Å². The maximum absolute atomic E-state index is 13.0. The molecule has 17 N–H and O–H groups in total. The number of primary amides is 1. The van der Waals surface area contributed by atoms with Crippen molar-refractivity contribution in [3.05, 3.63) is 0 Å². The minimum Gasteiger partial charge on any atom is -0.481 e. The van der Waals surface area contributed by atoms with Gasteiger partial charge in [0.05, 0.1) is 6.04 Å². The molecule has 0 aliphatic carbocycles. The van der Waals surface area contributed by atoms with E-state index in [1.54, 1.807) is 0 Å². The van der Waals surface area contributed by atoms with E-state index in [0.29, 0.717) is 6.42 Å². The third-order valence-electron chi connectivity index (χ3n) is 5.46. The highest BCUT2D eigenvalue weighted by Gasteiger charge is 2.30. The van der Waals surface area contributed by atoms with Crippen LogP contribution in [0.15, 0.2) is 9.98 Å². The van der Waals surface area contributed by atoms with Gasteiger partial charge >= 0.3 is 11.9 Å². The van der Waals surface area contributed by atoms with Crippen LogP contribution < -0.4 is 50.4 Å². The number of nitrogens with two attached hydrogens (primary N) is 6. The number of aliphatic carboxylic acids is 2. The van der Waals surface area contributed by atoms with Crippen LogP contribution in [-0.4, -0.2) is 95.0 Å². The summed E-state index contributed by atoms with van der Waals surface area (Å²) in [5.41, 5.74) is 31.9. The Hall–Kier alpha value is -4.68. The molecule has 0 saturated carbocycles. The lowest BCUT2D eigenvalue weighted by Crippen LogP contribution is -2.57. The Kier molecular flexibility index (Phi) is 17.2. The zero-order valence-corrected chi connectivity index (χ0v) is 22.6. The van der Waals surface area contributed by atoms with Gasteiger partial charge in [-0.1, -0.05) is 0 Å². The molecular weight excluding hydrogens is 546 g/mol. The van der Waals surface area contributed by atoms with Crippen LogP contribution in [0.1, 0.15) is 51.4 Å². The van der Waals surface area contributed by atoms with Gasteiger partial charge < -0.3 is 60.6 Å². The fourth-order valence-corrected chi connectivity index (χ4v) is 3.33. The van der Waals surface area contributed by atoms with Gasteiger partial charge in [-0.3, -0.25) is 34.0 Å². The Balaban J connectivity index is 5.58. The van der Waals surface area contributed by atoms with Gasteiger partial charge in [-0.2, -0.15) is 0 Å². The smallest absolute Gasteiger partial charge is 0.326 e. The minimum atomic E-state index is -1.45. The van der Waals surface area contributed by atoms with Gasteiger partial charge in [0.25, 0.3) is 0 Å². The zero-order chi connectivity index (χ0) is 31.5. The van der Waals surface area contributed by atoms with E-state index in [9.17, 15) is 33.9 Å². The quantitative estimate of drug-likeness (QED) is 0.0341. The van der Waals surface area contributed by atoms with E-state index >= 15 is 0 Å². The molecule has 0 bridgehead atoms. The van der Waals surface area contributed by atoms with Gasteiger partial charge in [0.2, 0.25) is 23.6 Å². The van der Waals surface area contributed by atoms with Crippen LogP contribution in [0, 0.1) is 0 Å². The summed E-state index contributed by atoms with van der Waals surface area (Å²) in [6.45, 7) is 0.305. The lowest BCUT2D eigenvalue weighted by Gasteiger charge is -2.25. The molecule has 4 unspecified atom stereocenters. The molecule has 0 aromatic heterocycles. The summed E-state index contributed by atoms with van der Waals surface area (Å²) in [7, 11) is 0. The van der Waals surface area contributed by atoms with Crippen molar-refractivity contribution >= 4 is 47.5 Å². The number of guanidine groups is 2. The van der Waals surface area contributed by atoms with Gasteiger partial charge in [-0.15, -0.1) is 0 Å². The van der Waals surface area contributed by atoms with Gasteiger partial charge in [-0.05, 0) is 38.5 Å². The summed E-state index contributed by atoms with van der Waals surface area (Å²) < 4.78 is 0. The predicted octanol–water partition coefficient (Wildman–Crippen LogP) is -4.91. The lowest BCUT2D eigenvalue weighted by atomic mass is 10.0. The first-order chi connectivity index (χ1) is 19.1. The van der Waals surface area contributed by atoms with Crippen LogP contribution in [-0.2, 0) is 28.8 Å². The third-order valence-corrected chi connectivity index (χ3v) is 5.46. The first-order valence-corrected chi connectivity index (χ1v) is 12.6. The lowest BCUT2D eigenvalue weighted by molar-refractivity contribution is -0.142. The Morgan fingerprint density at radius 3 is 1.49 bits per heavy atom. The number of nitrogens with zero attached hydrogens (tertiary/aromatic N) is 2. The van der Waals surface area contributed by atoms with Crippen LogP contribution in [0.3, 0.4) is 0 Å². The normalized spacial score (nSPS) is 13.4. The SMILES string of the molecule is NC(=O)CCC(NC(=O)C(CCC(=O)O)NC(=O)C(N)CCCN=C(N)N)C(=O)NC(CCCN=C(N)N)C(=O)O. The molecule has 0 spiro atoms. The summed E-state index contributed by atoms with van der Waals surface area (Å²) in [4.78, 5) is 80.1. The van der Waals surface area contributed by atoms with Crippen LogP contribution >= 0.6 is 0 Å². The molecule has 0 rings (SSSR count). The molecule has 0 radical (unpaired) electrons. The van der Waals surface area contributed by atoms with Crippen molar-refractivity contribution in [3.63, 3.8) is 0 Å². The topological polar surface area (TPSA) is 360 Å². The van der Waals surface area contributed by atoms with E-state index < -0.39 is 66.2 Å². The molecule has 0 aliphatic rings. The van der Waals surface area contributed by atoms with Crippen LogP contribution in [0.25, 0.3) is 0 Å². The number of carboxylic acid groups (broad SMARTS) is 2. The summed E-state index contributed by atoms with van der Waals surface area (Å²) in [5, 5.41) is 25.5. The predicted molar refractivity (Wildman–Crippen MR) is 147 cm³/mol. The summed E-state index contributed by atoms with van der Waals surface area (Å²) in [6.07, 6.45) is -0.933. The van der Waals surface area contributed by atoms with Gasteiger partial charge in [0.1, 0.15) is 18.1 Å². The van der Waals surface area contributed by atoms with Crippen molar-refractivity contribution in [2.45, 2.75) is 75.5 Å². The first-order valence-electron chi connectivity index (χ1n) is 12.6. The van der Waals surface area contributed by atoms with Gasteiger partial charge in [0.15, 0.2) is 11.9 Å². The molecule has 19 heteroatoms. The molecule has 0 aromatic rings. The Labute approximate surface area is 235 Å². The van der Waals surface area contributed by atoms with Gasteiger partial charge in [0, 0.05) is 25.9 Å². The number of carboxylic acids is 2. The number of carbonyl (C=O) groups excluding carboxylic acids is 4. The van der Waals surface area contributed by atoms with Crippen LogP contribution in [0.2, 0.25) is 0 Å². The van der Waals surface area contributed by atoms with E-state index in [-0.39, 0.29) is 63.5 Å². The number of carbonyl (C=O) groups is 6. The summed E-state index contributed by atoms with van der Waals surface area (Å²) in [6, 6.07) is -5.36. The third kappa shape index (κ3) is 17.5. The van der Waals surface area contributed by atoms with Crippen molar-refractivity contribution in [3.8, 4) is 0 Å². The second-order valence-electron chi connectivity index (χ2n) is 8.96. The second kappa shape index (κ2) is 19.4. The molecule has 19 nitrogen and oxygen atoms in total. The molecule has 4 atom stereocenters. The van der Waals surface area contributed by atoms with Gasteiger partial charge in [-0.25, -0.2) is 4.79 Å². The van der Waals surface area contributed by atoms with E-state index in [0.717, 1.165) is 0 Å². The average Bonchev–Trinajstić information content (AvgIpc) is 2.87. The zero-order valence-electron chi connectivity index (χ0n) is 22.6. The molecule has 232 valence electrons. The monoisotopic (exact) mass is 587 g/mol. The largest absolute Gasteiger partial charge is 0.481 e. The van der Waals surface area contributed by atoms with Crippen molar-refractivity contribution in [1.29, 1.82) is 0 Å². The van der Waals surface area contributed by atoms with Crippen molar-refractivity contribution in [2.24, 2.45) is 44.4 Å². The second-order valence-corrected chi connectivity index (χ2v) is 8.96. The Morgan fingerprint density at radius 2 is 1.05 bits per heavy atom. The van der Waals surface area contributed by atoms with E-state index in [4.69, 9.17) is 39.5 Å². The summed E-state index contributed by atoms with van der Waals surface area (Å²) in [5.74, 6) is -6.44. The highest BCUT2D eigenvalue weighted by Crippen LogP contribution is 2.06. The Morgan fingerprint density at radius 1 is 0.610 bits per heavy atom. The average molecular weight is 588 g/mol. The molecule has 0 heterocycles. The molecule has 0 saturated heterocycles. The number of nitrogens with one attached hydrogen (secondary N) is 3. The molecule has 41 heavy (non-hydrogen) atoms. The maximum atomic E-state index is 13.0. The maximum Gasteiger partial charge on any atom is 0.326 e. The molecule has 4 amide bonds. The highest BCUT2D eigenvalue weighted by molar-refractivity contribution is 5.94. The van der Waals surface area contributed by atoms with E-state index in [1.807, 2.05) is 0 Å². The van der Waals surface area contributed by atoms with Crippen molar-refractivity contribution in [1.82, 2.24) is 16.0 Å². The summed E-state index contributed by atoms with van der Waals surface area (Å²) >= 11 is 0. The molecule has 0 aliphatic heterocycles. The molecule has 0 fully saturated rings. The first kappa shape index (κ1) is 36.3. The molecule has 0 aromatic carbocycles. The number of hydrogen-bond acceptors (Lipinski definition) is 9. The van der Waals surface area contributed by atoms with E-state index in [2.05, 4.69) is 25.9 Å². The fourth-order valence-electron chi connectivity index (χ4n) is 3.33. The fraction of sp³-hybridized carbons (Fsp3) is 0.636.